The first-order chi connectivity index (χ1) is 12.7. The van der Waals surface area contributed by atoms with E-state index in [2.05, 4.69) is 43.7 Å². The number of aromatic carboxylic acids is 1. The molecule has 0 fully saturated rings. The molecule has 0 bridgehead atoms. The number of halogens is 1. The molecule has 2 aromatic rings. The molecule has 0 aromatic heterocycles. The highest BCUT2D eigenvalue weighted by Gasteiger charge is 2.35. The van der Waals surface area contributed by atoms with E-state index in [-0.39, 0.29) is 11.1 Å². The zero-order valence-corrected chi connectivity index (χ0v) is 16.9. The standard InChI is InChI=1S/C22H25ClN2O2/c1-5-25-20-11-19(23)16(10-18(20)14(2)12-22(25,3)4)13-24-17-8-6-7-15(9-17)21(26)27/h6-11,13-14H,5,12H2,1-4H3,(H,26,27). The summed E-state index contributed by atoms with van der Waals surface area (Å²) in [4.78, 5) is 18.0. The van der Waals surface area contributed by atoms with Gasteiger partial charge in [-0.25, -0.2) is 4.79 Å². The van der Waals surface area contributed by atoms with E-state index in [0.29, 0.717) is 16.6 Å². The molecule has 3 rings (SSSR count). The van der Waals surface area contributed by atoms with Crippen molar-refractivity contribution in [3.63, 3.8) is 0 Å². The molecule has 5 heteroatoms. The summed E-state index contributed by atoms with van der Waals surface area (Å²) in [7, 11) is 0. The topological polar surface area (TPSA) is 52.9 Å². The van der Waals surface area contributed by atoms with E-state index < -0.39 is 5.97 Å². The lowest BCUT2D eigenvalue weighted by atomic mass is 9.79. The van der Waals surface area contributed by atoms with Crippen LogP contribution in [0.4, 0.5) is 11.4 Å². The van der Waals surface area contributed by atoms with Gasteiger partial charge in [0.15, 0.2) is 0 Å². The number of anilines is 1. The Morgan fingerprint density at radius 1 is 1.37 bits per heavy atom. The number of carboxylic acid groups (broad SMARTS) is 1. The smallest absolute Gasteiger partial charge is 0.335 e. The summed E-state index contributed by atoms with van der Waals surface area (Å²) in [5.41, 5.74) is 4.22. The third-order valence-corrected chi connectivity index (χ3v) is 5.59. The summed E-state index contributed by atoms with van der Waals surface area (Å²) in [6.45, 7) is 9.89. The molecule has 0 amide bonds. The molecule has 0 saturated heterocycles. The maximum Gasteiger partial charge on any atom is 0.335 e. The fraction of sp³-hybridized carbons (Fsp3) is 0.364. The van der Waals surface area contributed by atoms with Crippen molar-refractivity contribution in [2.75, 3.05) is 11.4 Å². The lowest BCUT2D eigenvalue weighted by Crippen LogP contribution is -2.48. The molecule has 1 atom stereocenters. The van der Waals surface area contributed by atoms with Crippen LogP contribution in [0.25, 0.3) is 0 Å². The van der Waals surface area contributed by atoms with E-state index in [1.165, 1.54) is 11.3 Å². The van der Waals surface area contributed by atoms with Gasteiger partial charge in [-0.2, -0.15) is 0 Å². The summed E-state index contributed by atoms with van der Waals surface area (Å²) in [5, 5.41) is 9.76. The first kappa shape index (κ1) is 19.4. The van der Waals surface area contributed by atoms with Crippen LogP contribution in [0.15, 0.2) is 41.4 Å². The van der Waals surface area contributed by atoms with E-state index in [0.717, 1.165) is 18.5 Å². The van der Waals surface area contributed by atoms with Gasteiger partial charge in [0.1, 0.15) is 0 Å². The number of carboxylic acids is 1. The maximum absolute atomic E-state index is 11.1. The summed E-state index contributed by atoms with van der Waals surface area (Å²) in [6.07, 6.45) is 2.79. The lowest BCUT2D eigenvalue weighted by molar-refractivity contribution is 0.0697. The molecule has 0 aliphatic carbocycles. The fourth-order valence-electron chi connectivity index (χ4n) is 4.08. The highest BCUT2D eigenvalue weighted by atomic mass is 35.5. The van der Waals surface area contributed by atoms with Gasteiger partial charge in [-0.1, -0.05) is 24.6 Å². The number of carbonyl (C=O) groups is 1. The minimum absolute atomic E-state index is 0.0946. The van der Waals surface area contributed by atoms with Crippen LogP contribution in [-0.4, -0.2) is 29.4 Å². The van der Waals surface area contributed by atoms with Crippen molar-refractivity contribution in [2.24, 2.45) is 4.99 Å². The normalized spacial score (nSPS) is 18.6. The van der Waals surface area contributed by atoms with Crippen molar-refractivity contribution in [1.29, 1.82) is 0 Å². The molecule has 0 saturated carbocycles. The minimum atomic E-state index is -0.963. The summed E-state index contributed by atoms with van der Waals surface area (Å²) >= 11 is 6.56. The first-order valence-corrected chi connectivity index (χ1v) is 9.59. The van der Waals surface area contributed by atoms with E-state index >= 15 is 0 Å². The third kappa shape index (κ3) is 3.86. The van der Waals surface area contributed by atoms with Gasteiger partial charge < -0.3 is 10.0 Å². The summed E-state index contributed by atoms with van der Waals surface area (Å²) in [5.74, 6) is -0.535. The number of benzene rings is 2. The second-order valence-corrected chi connectivity index (χ2v) is 8.12. The predicted molar refractivity (Wildman–Crippen MR) is 112 cm³/mol. The van der Waals surface area contributed by atoms with Crippen LogP contribution in [0.3, 0.4) is 0 Å². The summed E-state index contributed by atoms with van der Waals surface area (Å²) < 4.78 is 0. The zero-order valence-electron chi connectivity index (χ0n) is 16.2. The van der Waals surface area contributed by atoms with Crippen LogP contribution in [0.1, 0.15) is 61.5 Å². The predicted octanol–water partition coefficient (Wildman–Crippen LogP) is 5.90. The zero-order chi connectivity index (χ0) is 19.8. The molecular formula is C22H25ClN2O2. The molecular weight excluding hydrogens is 360 g/mol. The van der Waals surface area contributed by atoms with Gasteiger partial charge in [0, 0.05) is 29.5 Å². The van der Waals surface area contributed by atoms with Crippen LogP contribution in [0.5, 0.6) is 0 Å². The Bertz CT molecular complexity index is 905. The van der Waals surface area contributed by atoms with Gasteiger partial charge in [-0.3, -0.25) is 4.99 Å². The molecule has 142 valence electrons. The molecule has 4 nitrogen and oxygen atoms in total. The average Bonchev–Trinajstić information content (AvgIpc) is 2.60. The maximum atomic E-state index is 11.1. The van der Waals surface area contributed by atoms with E-state index in [9.17, 15) is 4.79 Å². The SMILES string of the molecule is CCN1c2cc(Cl)c(C=Nc3cccc(C(=O)O)c3)cc2C(C)CC1(C)C. The number of aliphatic imine (C=N–C) groups is 1. The van der Waals surface area contributed by atoms with Crippen molar-refractivity contribution in [3.05, 3.63) is 58.1 Å². The summed E-state index contributed by atoms with van der Waals surface area (Å²) in [6, 6.07) is 10.7. The first-order valence-electron chi connectivity index (χ1n) is 9.21. The van der Waals surface area contributed by atoms with Crippen molar-refractivity contribution in [2.45, 2.75) is 45.6 Å². The van der Waals surface area contributed by atoms with Crippen LogP contribution in [0, 0.1) is 0 Å². The van der Waals surface area contributed by atoms with Gasteiger partial charge in [-0.15, -0.1) is 0 Å². The molecule has 1 aliphatic heterocycles. The Morgan fingerprint density at radius 2 is 2.11 bits per heavy atom. The molecule has 1 aliphatic rings. The Morgan fingerprint density at radius 3 is 2.78 bits per heavy atom. The number of fused-ring (bicyclic) bond motifs is 1. The number of hydrogen-bond donors (Lipinski definition) is 1. The molecule has 2 aromatic carbocycles. The molecule has 0 spiro atoms. The third-order valence-electron chi connectivity index (χ3n) is 5.27. The molecule has 1 unspecified atom stereocenters. The van der Waals surface area contributed by atoms with Crippen LogP contribution in [-0.2, 0) is 0 Å². The highest BCUT2D eigenvalue weighted by Crippen LogP contribution is 2.44. The Kier molecular flexibility index (Phi) is 5.29. The Labute approximate surface area is 165 Å². The van der Waals surface area contributed by atoms with Crippen molar-refractivity contribution in [3.8, 4) is 0 Å². The lowest BCUT2D eigenvalue weighted by Gasteiger charge is -2.47. The fourth-order valence-corrected chi connectivity index (χ4v) is 4.29. The minimum Gasteiger partial charge on any atom is -0.478 e. The van der Waals surface area contributed by atoms with Crippen LogP contribution >= 0.6 is 11.6 Å². The Balaban J connectivity index is 1.98. The second-order valence-electron chi connectivity index (χ2n) is 7.71. The van der Waals surface area contributed by atoms with Gasteiger partial charge in [0.2, 0.25) is 0 Å². The highest BCUT2D eigenvalue weighted by molar-refractivity contribution is 6.33. The molecule has 27 heavy (non-hydrogen) atoms. The average molecular weight is 385 g/mol. The Hall–Kier alpha value is -2.33. The van der Waals surface area contributed by atoms with Crippen LogP contribution in [0.2, 0.25) is 5.02 Å². The van der Waals surface area contributed by atoms with Gasteiger partial charge in [0.05, 0.1) is 16.3 Å². The van der Waals surface area contributed by atoms with Crippen molar-refractivity contribution < 1.29 is 9.90 Å². The number of nitrogens with zero attached hydrogens (tertiary/aromatic N) is 2. The van der Waals surface area contributed by atoms with Gasteiger partial charge in [-0.05, 0) is 69.0 Å². The quantitative estimate of drug-likeness (QED) is 0.667. The van der Waals surface area contributed by atoms with Crippen LogP contribution < -0.4 is 4.90 Å². The molecule has 0 radical (unpaired) electrons. The molecule has 1 N–H and O–H groups in total. The van der Waals surface area contributed by atoms with Crippen molar-refractivity contribution >= 4 is 35.2 Å². The monoisotopic (exact) mass is 384 g/mol. The van der Waals surface area contributed by atoms with Crippen molar-refractivity contribution in [1.82, 2.24) is 0 Å². The number of rotatable bonds is 4. The van der Waals surface area contributed by atoms with E-state index in [1.807, 2.05) is 6.07 Å². The number of hydrogen-bond acceptors (Lipinski definition) is 3. The van der Waals surface area contributed by atoms with E-state index in [4.69, 9.17) is 16.7 Å². The van der Waals surface area contributed by atoms with Gasteiger partial charge >= 0.3 is 5.97 Å². The second kappa shape index (κ2) is 7.35. The largest absolute Gasteiger partial charge is 0.478 e. The molecule has 1 heterocycles. The van der Waals surface area contributed by atoms with Gasteiger partial charge in [0.25, 0.3) is 0 Å². The van der Waals surface area contributed by atoms with E-state index in [1.54, 1.807) is 30.5 Å².